The van der Waals surface area contributed by atoms with Gasteiger partial charge in [-0.1, -0.05) is 29.8 Å². The van der Waals surface area contributed by atoms with E-state index in [0.717, 1.165) is 15.8 Å². The fraction of sp³-hybridized carbons (Fsp3) is 0.200. The van der Waals surface area contributed by atoms with E-state index < -0.39 is 5.97 Å². The highest BCUT2D eigenvalue weighted by Crippen LogP contribution is 2.32. The number of rotatable bonds is 7. The third-order valence-electron chi connectivity index (χ3n) is 3.79. The lowest BCUT2D eigenvalue weighted by atomic mass is 10.1. The summed E-state index contributed by atoms with van der Waals surface area (Å²) in [5, 5.41) is 4.10. The summed E-state index contributed by atoms with van der Waals surface area (Å²) in [6.45, 7) is 1.93. The van der Waals surface area contributed by atoms with Gasteiger partial charge in [0.25, 0.3) is 5.91 Å². The Labute approximate surface area is 166 Å². The number of hydrogen-bond donors (Lipinski definition) is 1. The fourth-order valence-electron chi connectivity index (χ4n) is 2.54. The Hall–Kier alpha value is -2.44. The summed E-state index contributed by atoms with van der Waals surface area (Å²) in [7, 11) is 0. The van der Waals surface area contributed by atoms with E-state index in [-0.39, 0.29) is 18.3 Å². The van der Waals surface area contributed by atoms with E-state index in [1.54, 1.807) is 24.8 Å². The van der Waals surface area contributed by atoms with Crippen LogP contribution in [0.2, 0.25) is 5.02 Å². The van der Waals surface area contributed by atoms with E-state index in [4.69, 9.17) is 20.8 Å². The van der Waals surface area contributed by atoms with Crippen LogP contribution in [0.15, 0.2) is 57.8 Å². The minimum Gasteiger partial charge on any atom is -0.450 e. The number of thioether (sulfide) groups is 1. The molecular weight excluding hydrogens is 386 g/mol. The van der Waals surface area contributed by atoms with E-state index in [1.807, 2.05) is 42.5 Å². The summed E-state index contributed by atoms with van der Waals surface area (Å²) in [4.78, 5) is 25.0. The zero-order valence-electron chi connectivity index (χ0n) is 14.7. The van der Waals surface area contributed by atoms with Gasteiger partial charge in [-0.25, -0.2) is 4.79 Å². The molecular formula is C20H18ClNO4S. The molecule has 5 nitrogen and oxygen atoms in total. The van der Waals surface area contributed by atoms with Crippen LogP contribution >= 0.6 is 23.4 Å². The van der Waals surface area contributed by atoms with Gasteiger partial charge in [0.2, 0.25) is 5.76 Å². The van der Waals surface area contributed by atoms with Crippen molar-refractivity contribution in [2.75, 3.05) is 13.2 Å². The first-order chi connectivity index (χ1) is 13.1. The Morgan fingerprint density at radius 2 is 1.89 bits per heavy atom. The third kappa shape index (κ3) is 4.84. The molecule has 7 heteroatoms. The lowest BCUT2D eigenvalue weighted by molar-refractivity contribution is -0.124. The van der Waals surface area contributed by atoms with Crippen LogP contribution in [0.3, 0.4) is 0 Å². The molecule has 0 bridgehead atoms. The van der Waals surface area contributed by atoms with Gasteiger partial charge in [-0.15, -0.1) is 11.8 Å². The zero-order valence-corrected chi connectivity index (χ0v) is 16.2. The van der Waals surface area contributed by atoms with Crippen molar-refractivity contribution >= 4 is 46.2 Å². The van der Waals surface area contributed by atoms with Crippen molar-refractivity contribution < 1.29 is 18.7 Å². The summed E-state index contributed by atoms with van der Waals surface area (Å²) < 4.78 is 10.8. The van der Waals surface area contributed by atoms with E-state index >= 15 is 0 Å². The molecule has 2 aromatic carbocycles. The molecule has 1 amide bonds. The maximum absolute atomic E-state index is 12.5. The zero-order chi connectivity index (χ0) is 19.2. The Bertz CT molecular complexity index is 952. The van der Waals surface area contributed by atoms with Gasteiger partial charge < -0.3 is 14.5 Å². The predicted octanol–water partition coefficient (Wildman–Crippen LogP) is 4.67. The summed E-state index contributed by atoms with van der Waals surface area (Å²) in [5.74, 6) is -0.352. The van der Waals surface area contributed by atoms with Crippen LogP contribution in [-0.2, 0) is 15.3 Å². The number of likely N-dealkylation sites (N-methyl/N-ethyl adjacent to an activating group) is 1. The minimum atomic E-state index is -0.649. The Morgan fingerprint density at radius 1 is 1.15 bits per heavy atom. The average Bonchev–Trinajstić information content (AvgIpc) is 3.05. The number of carbonyl (C=O) groups excluding carboxylic acids is 2. The summed E-state index contributed by atoms with van der Waals surface area (Å²) >= 11 is 7.48. The molecule has 0 radical (unpaired) electrons. The highest BCUT2D eigenvalue weighted by atomic mass is 35.5. The van der Waals surface area contributed by atoms with Gasteiger partial charge in [0, 0.05) is 33.2 Å². The van der Waals surface area contributed by atoms with Gasteiger partial charge in [-0.3, -0.25) is 4.79 Å². The maximum atomic E-state index is 12.5. The van der Waals surface area contributed by atoms with Crippen molar-refractivity contribution in [3.8, 4) is 0 Å². The first-order valence-corrected chi connectivity index (χ1v) is 9.77. The number of ether oxygens (including phenoxy) is 1. The van der Waals surface area contributed by atoms with Gasteiger partial charge in [0.15, 0.2) is 6.61 Å². The number of para-hydroxylation sites is 1. The maximum Gasteiger partial charge on any atom is 0.375 e. The second kappa shape index (κ2) is 8.97. The summed E-state index contributed by atoms with van der Waals surface area (Å²) in [6.07, 6.45) is 0. The highest BCUT2D eigenvalue weighted by Gasteiger charge is 2.22. The Balaban J connectivity index is 1.81. The van der Waals surface area contributed by atoms with Crippen molar-refractivity contribution in [2.45, 2.75) is 17.6 Å². The lowest BCUT2D eigenvalue weighted by Crippen LogP contribution is -2.28. The molecule has 27 heavy (non-hydrogen) atoms. The molecule has 0 spiro atoms. The molecule has 1 aromatic heterocycles. The molecule has 140 valence electrons. The molecule has 0 saturated heterocycles. The molecule has 3 aromatic rings. The van der Waals surface area contributed by atoms with Crippen molar-refractivity contribution in [3.05, 3.63) is 64.9 Å². The van der Waals surface area contributed by atoms with Crippen LogP contribution in [-0.4, -0.2) is 25.0 Å². The van der Waals surface area contributed by atoms with E-state index in [1.165, 1.54) is 0 Å². The van der Waals surface area contributed by atoms with Gasteiger partial charge in [0.05, 0.1) is 0 Å². The van der Waals surface area contributed by atoms with Crippen molar-refractivity contribution in [3.63, 3.8) is 0 Å². The molecule has 3 rings (SSSR count). The minimum absolute atomic E-state index is 0.127. The van der Waals surface area contributed by atoms with Crippen molar-refractivity contribution in [1.82, 2.24) is 5.32 Å². The van der Waals surface area contributed by atoms with Gasteiger partial charge in [-0.05, 0) is 37.3 Å². The number of fused-ring (bicyclic) bond motifs is 1. The van der Waals surface area contributed by atoms with Crippen LogP contribution in [0.25, 0.3) is 11.0 Å². The molecule has 0 saturated carbocycles. The largest absolute Gasteiger partial charge is 0.450 e. The van der Waals surface area contributed by atoms with E-state index in [2.05, 4.69) is 5.32 Å². The lowest BCUT2D eigenvalue weighted by Gasteiger charge is -2.06. The molecule has 1 N–H and O–H groups in total. The number of halogens is 1. The summed E-state index contributed by atoms with van der Waals surface area (Å²) in [6, 6.07) is 14.9. The third-order valence-corrected chi connectivity index (χ3v) is 5.08. The van der Waals surface area contributed by atoms with Crippen LogP contribution in [0.1, 0.15) is 23.0 Å². The van der Waals surface area contributed by atoms with E-state index in [9.17, 15) is 9.59 Å². The fourth-order valence-corrected chi connectivity index (χ4v) is 3.59. The number of benzene rings is 2. The second-order valence-corrected chi connectivity index (χ2v) is 7.16. The Morgan fingerprint density at radius 3 is 2.63 bits per heavy atom. The SMILES string of the molecule is CCNC(=O)COC(=O)c1oc2ccccc2c1CSc1ccc(Cl)cc1. The van der Waals surface area contributed by atoms with Crippen LogP contribution in [0.4, 0.5) is 0 Å². The first-order valence-electron chi connectivity index (χ1n) is 8.41. The molecule has 1 heterocycles. The standard InChI is InChI=1S/C20H18ClNO4S/c1-2-22-18(23)11-25-20(24)19-16(15-5-3-4-6-17(15)26-19)12-27-14-9-7-13(21)8-10-14/h3-10H,2,11-12H2,1H3,(H,22,23). The van der Waals surface area contributed by atoms with Crippen LogP contribution < -0.4 is 5.32 Å². The second-order valence-electron chi connectivity index (χ2n) is 5.68. The average molecular weight is 404 g/mol. The Kier molecular flexibility index (Phi) is 6.42. The first kappa shape index (κ1) is 19.3. The molecule has 0 fully saturated rings. The molecule has 0 aliphatic carbocycles. The number of esters is 1. The van der Waals surface area contributed by atoms with Crippen LogP contribution in [0.5, 0.6) is 0 Å². The molecule has 0 aliphatic rings. The van der Waals surface area contributed by atoms with Crippen molar-refractivity contribution in [1.29, 1.82) is 0 Å². The molecule has 0 unspecified atom stereocenters. The smallest absolute Gasteiger partial charge is 0.375 e. The van der Waals surface area contributed by atoms with Gasteiger partial charge >= 0.3 is 5.97 Å². The quantitative estimate of drug-likeness (QED) is 0.458. The van der Waals surface area contributed by atoms with Crippen LogP contribution in [0, 0.1) is 0 Å². The molecule has 0 aliphatic heterocycles. The number of nitrogens with one attached hydrogen (secondary N) is 1. The van der Waals surface area contributed by atoms with Gasteiger partial charge in [0.1, 0.15) is 5.58 Å². The topological polar surface area (TPSA) is 68.5 Å². The number of amides is 1. The molecule has 0 atom stereocenters. The van der Waals surface area contributed by atoms with E-state index in [0.29, 0.717) is 22.9 Å². The normalized spacial score (nSPS) is 10.7. The number of hydrogen-bond acceptors (Lipinski definition) is 5. The predicted molar refractivity (Wildman–Crippen MR) is 106 cm³/mol. The number of furan rings is 1. The number of carbonyl (C=O) groups is 2. The monoisotopic (exact) mass is 403 g/mol. The summed E-state index contributed by atoms with van der Waals surface area (Å²) in [5.41, 5.74) is 1.35. The highest BCUT2D eigenvalue weighted by molar-refractivity contribution is 7.98. The van der Waals surface area contributed by atoms with Gasteiger partial charge in [-0.2, -0.15) is 0 Å². The van der Waals surface area contributed by atoms with Crippen molar-refractivity contribution in [2.24, 2.45) is 0 Å².